The molecule has 0 aliphatic carbocycles. The average Bonchev–Trinajstić information content (AvgIpc) is 2.41. The van der Waals surface area contributed by atoms with Crippen LogP contribution in [-0.4, -0.2) is 34.0 Å². The Hall–Kier alpha value is -1.02. The number of rotatable bonds is 7. The molecule has 4 nitrogen and oxygen atoms in total. The van der Waals surface area contributed by atoms with Crippen molar-refractivity contribution in [1.29, 1.82) is 0 Å². The van der Waals surface area contributed by atoms with Crippen LogP contribution in [0.4, 0.5) is 19.1 Å². The lowest BCUT2D eigenvalue weighted by Crippen LogP contribution is -2.13. The highest BCUT2D eigenvalue weighted by Crippen LogP contribution is 2.31. The third-order valence-corrected chi connectivity index (χ3v) is 3.59. The summed E-state index contributed by atoms with van der Waals surface area (Å²) in [6.07, 6.45) is -3.73. The lowest BCUT2D eigenvalue weighted by molar-refractivity contribution is -0.141. The summed E-state index contributed by atoms with van der Waals surface area (Å²) in [5.74, 6) is 0.482. The predicted molar refractivity (Wildman–Crippen MR) is 72.8 cm³/mol. The summed E-state index contributed by atoms with van der Waals surface area (Å²) in [6, 6.07) is 0.936. The fraction of sp³-hybridized carbons (Fsp3) is 0.667. The number of nitrogens with one attached hydrogen (secondary N) is 1. The Kier molecular flexibility index (Phi) is 6.54. The summed E-state index contributed by atoms with van der Waals surface area (Å²) in [4.78, 5) is 7.53. The van der Waals surface area contributed by atoms with E-state index in [1.807, 2.05) is 13.8 Å². The molecule has 0 amide bonds. The molecular weight excluding hydrogens is 291 g/mol. The Morgan fingerprint density at radius 3 is 2.65 bits per heavy atom. The third kappa shape index (κ3) is 5.54. The Labute approximate surface area is 120 Å². The van der Waals surface area contributed by atoms with E-state index in [1.54, 1.807) is 0 Å². The van der Waals surface area contributed by atoms with Gasteiger partial charge in [0.05, 0.1) is 0 Å². The average molecular weight is 309 g/mol. The minimum absolute atomic E-state index is 0.00338. The smallest absolute Gasteiger partial charge is 0.396 e. The number of nitrogens with zero attached hydrogens (tertiary/aromatic N) is 2. The van der Waals surface area contributed by atoms with Crippen LogP contribution in [-0.2, 0) is 6.18 Å². The predicted octanol–water partition coefficient (Wildman–Crippen LogP) is 3.04. The first kappa shape index (κ1) is 17.0. The molecule has 1 heterocycles. The highest BCUT2D eigenvalue weighted by Gasteiger charge is 2.33. The zero-order chi connectivity index (χ0) is 15.2. The second kappa shape index (κ2) is 7.68. The van der Waals surface area contributed by atoms with Crippen molar-refractivity contribution in [1.82, 2.24) is 9.97 Å². The number of aliphatic hydroxyl groups excluding tert-OH is 1. The van der Waals surface area contributed by atoms with Gasteiger partial charge in [-0.1, -0.05) is 13.8 Å². The molecule has 8 heteroatoms. The van der Waals surface area contributed by atoms with Crippen molar-refractivity contribution in [2.24, 2.45) is 5.92 Å². The molecular formula is C12H18F3N3OS. The summed E-state index contributed by atoms with van der Waals surface area (Å²) in [5.41, 5.74) is -0.953. The van der Waals surface area contributed by atoms with Crippen molar-refractivity contribution in [2.45, 2.75) is 31.5 Å². The van der Waals surface area contributed by atoms with Crippen LogP contribution < -0.4 is 5.32 Å². The van der Waals surface area contributed by atoms with Crippen molar-refractivity contribution in [3.8, 4) is 0 Å². The summed E-state index contributed by atoms with van der Waals surface area (Å²) in [5, 5.41) is 11.9. The van der Waals surface area contributed by atoms with Gasteiger partial charge in [-0.3, -0.25) is 0 Å². The highest BCUT2D eigenvalue weighted by molar-refractivity contribution is 7.99. The van der Waals surface area contributed by atoms with Crippen LogP contribution in [0.15, 0.2) is 11.1 Å². The first-order valence-electron chi connectivity index (χ1n) is 6.30. The minimum Gasteiger partial charge on any atom is -0.396 e. The molecule has 1 aromatic heterocycles. The van der Waals surface area contributed by atoms with Gasteiger partial charge in [0.25, 0.3) is 0 Å². The van der Waals surface area contributed by atoms with Gasteiger partial charge < -0.3 is 10.4 Å². The molecule has 0 aliphatic heterocycles. The van der Waals surface area contributed by atoms with Gasteiger partial charge in [0.2, 0.25) is 5.95 Å². The molecule has 0 bridgehead atoms. The molecule has 0 saturated heterocycles. The molecule has 0 spiro atoms. The number of halogens is 3. The highest BCUT2D eigenvalue weighted by atomic mass is 32.2. The van der Waals surface area contributed by atoms with Crippen LogP contribution in [0.2, 0.25) is 0 Å². The zero-order valence-corrected chi connectivity index (χ0v) is 12.2. The van der Waals surface area contributed by atoms with Crippen LogP contribution in [0.25, 0.3) is 0 Å². The topological polar surface area (TPSA) is 58.0 Å². The Bertz CT molecular complexity index is 429. The van der Waals surface area contributed by atoms with E-state index < -0.39 is 11.9 Å². The molecule has 1 aromatic rings. The summed E-state index contributed by atoms with van der Waals surface area (Å²) in [7, 11) is 0. The second-order valence-electron chi connectivity index (χ2n) is 4.44. The standard InChI is InChI=1S/C12H18F3N3OS/c1-3-4-16-11-17-9(12(13,14)15)5-10(18-11)20-7-8(2)6-19/h5,8,19H,3-4,6-7H2,1-2H3,(H,16,17,18). The molecule has 1 rings (SSSR count). The molecule has 0 saturated carbocycles. The summed E-state index contributed by atoms with van der Waals surface area (Å²) in [6.45, 7) is 4.22. The molecule has 20 heavy (non-hydrogen) atoms. The first-order chi connectivity index (χ1) is 9.36. The monoisotopic (exact) mass is 309 g/mol. The largest absolute Gasteiger partial charge is 0.433 e. The maximum Gasteiger partial charge on any atom is 0.433 e. The number of hydrogen-bond acceptors (Lipinski definition) is 5. The normalized spacial score (nSPS) is 13.3. The van der Waals surface area contributed by atoms with E-state index in [2.05, 4.69) is 15.3 Å². The fourth-order valence-corrected chi connectivity index (χ4v) is 2.15. The maximum atomic E-state index is 12.8. The van der Waals surface area contributed by atoms with E-state index in [-0.39, 0.29) is 23.5 Å². The number of alkyl halides is 3. The molecule has 1 unspecified atom stereocenters. The second-order valence-corrected chi connectivity index (χ2v) is 5.48. The van der Waals surface area contributed by atoms with Crippen molar-refractivity contribution in [2.75, 3.05) is 24.2 Å². The van der Waals surface area contributed by atoms with Gasteiger partial charge in [0, 0.05) is 25.0 Å². The van der Waals surface area contributed by atoms with Gasteiger partial charge in [0.1, 0.15) is 5.03 Å². The van der Waals surface area contributed by atoms with Crippen LogP contribution in [0.3, 0.4) is 0 Å². The minimum atomic E-state index is -4.50. The van der Waals surface area contributed by atoms with Crippen molar-refractivity contribution in [3.05, 3.63) is 11.8 Å². The van der Waals surface area contributed by atoms with Crippen LogP contribution in [0.5, 0.6) is 0 Å². The van der Waals surface area contributed by atoms with Gasteiger partial charge in [-0.05, 0) is 12.3 Å². The van der Waals surface area contributed by atoms with Crippen LogP contribution >= 0.6 is 11.8 Å². The summed E-state index contributed by atoms with van der Waals surface area (Å²) < 4.78 is 38.3. The molecule has 1 atom stereocenters. The van der Waals surface area contributed by atoms with Gasteiger partial charge in [-0.2, -0.15) is 13.2 Å². The number of thioether (sulfide) groups is 1. The van der Waals surface area contributed by atoms with E-state index in [9.17, 15) is 13.2 Å². The van der Waals surface area contributed by atoms with E-state index in [0.717, 1.165) is 12.5 Å². The van der Waals surface area contributed by atoms with E-state index in [4.69, 9.17) is 5.11 Å². The number of hydrogen-bond donors (Lipinski definition) is 2. The Morgan fingerprint density at radius 1 is 1.40 bits per heavy atom. The van der Waals surface area contributed by atoms with Crippen molar-refractivity contribution < 1.29 is 18.3 Å². The van der Waals surface area contributed by atoms with Gasteiger partial charge >= 0.3 is 6.18 Å². The molecule has 0 fully saturated rings. The number of anilines is 1. The maximum absolute atomic E-state index is 12.8. The third-order valence-electron chi connectivity index (χ3n) is 2.35. The molecule has 0 aromatic carbocycles. The van der Waals surface area contributed by atoms with E-state index in [1.165, 1.54) is 11.8 Å². The van der Waals surface area contributed by atoms with Crippen molar-refractivity contribution >= 4 is 17.7 Å². The quantitative estimate of drug-likeness (QED) is 0.599. The fourth-order valence-electron chi connectivity index (χ4n) is 1.24. The molecule has 0 radical (unpaired) electrons. The van der Waals surface area contributed by atoms with Crippen LogP contribution in [0.1, 0.15) is 26.0 Å². The Morgan fingerprint density at radius 2 is 2.10 bits per heavy atom. The lowest BCUT2D eigenvalue weighted by atomic mass is 10.2. The molecule has 114 valence electrons. The molecule has 2 N–H and O–H groups in total. The number of aliphatic hydroxyl groups is 1. The number of aromatic nitrogens is 2. The van der Waals surface area contributed by atoms with Crippen molar-refractivity contribution in [3.63, 3.8) is 0 Å². The molecule has 0 aliphatic rings. The zero-order valence-electron chi connectivity index (χ0n) is 11.4. The van der Waals surface area contributed by atoms with Crippen LogP contribution in [0, 0.1) is 5.92 Å². The van der Waals surface area contributed by atoms with Gasteiger partial charge in [-0.15, -0.1) is 11.8 Å². The summed E-state index contributed by atoms with van der Waals surface area (Å²) >= 11 is 1.18. The first-order valence-corrected chi connectivity index (χ1v) is 7.29. The Balaban J connectivity index is 2.91. The SMILES string of the molecule is CCCNc1nc(SCC(C)CO)cc(C(F)(F)F)n1. The van der Waals surface area contributed by atoms with Gasteiger partial charge in [0.15, 0.2) is 5.69 Å². The lowest BCUT2D eigenvalue weighted by Gasteiger charge is -2.12. The van der Waals surface area contributed by atoms with E-state index in [0.29, 0.717) is 12.3 Å². The van der Waals surface area contributed by atoms with E-state index >= 15 is 0 Å². The van der Waals surface area contributed by atoms with Gasteiger partial charge in [-0.25, -0.2) is 9.97 Å².